The molecule has 1 aliphatic rings. The van der Waals surface area contributed by atoms with Crippen molar-refractivity contribution in [3.63, 3.8) is 0 Å². The van der Waals surface area contributed by atoms with Crippen LogP contribution >= 0.6 is 0 Å². The van der Waals surface area contributed by atoms with Crippen molar-refractivity contribution in [3.05, 3.63) is 120 Å². The lowest BCUT2D eigenvalue weighted by Crippen LogP contribution is -2.62. The summed E-state index contributed by atoms with van der Waals surface area (Å²) in [4.78, 5) is 13.2. The van der Waals surface area contributed by atoms with Crippen LogP contribution in [0.2, 0.25) is 0 Å². The second-order valence-electron chi connectivity index (χ2n) is 9.29. The smallest absolute Gasteiger partial charge is 0.338 e. The molecule has 1 N–H and O–H groups in total. The Bertz CT molecular complexity index is 1120. The number of esters is 1. The Kier molecular flexibility index (Phi) is 11.3. The molecular formula is C32H36O7. The maximum absolute atomic E-state index is 13.2. The van der Waals surface area contributed by atoms with Gasteiger partial charge in [-0.3, -0.25) is 0 Å². The second kappa shape index (κ2) is 15.3. The van der Waals surface area contributed by atoms with Crippen LogP contribution in [-0.4, -0.2) is 55.0 Å². The van der Waals surface area contributed by atoms with Crippen LogP contribution in [0.15, 0.2) is 104 Å². The molecule has 206 valence electrons. The summed E-state index contributed by atoms with van der Waals surface area (Å²) in [6, 6.07) is 28.2. The molecule has 5 atom stereocenters. The van der Waals surface area contributed by atoms with E-state index in [2.05, 4.69) is 6.58 Å². The number of hydrogen-bond acceptors (Lipinski definition) is 7. The second-order valence-corrected chi connectivity index (χ2v) is 9.29. The molecule has 0 amide bonds. The number of aliphatic hydroxyl groups is 1. The first-order valence-corrected chi connectivity index (χ1v) is 13.3. The summed E-state index contributed by atoms with van der Waals surface area (Å²) >= 11 is 0. The predicted molar refractivity (Wildman–Crippen MR) is 147 cm³/mol. The van der Waals surface area contributed by atoms with Gasteiger partial charge in [0, 0.05) is 0 Å². The van der Waals surface area contributed by atoms with E-state index in [0.717, 1.165) is 24.0 Å². The van der Waals surface area contributed by atoms with Gasteiger partial charge in [-0.15, -0.1) is 6.58 Å². The van der Waals surface area contributed by atoms with Gasteiger partial charge in [0.25, 0.3) is 0 Å². The first kappa shape index (κ1) is 28.7. The molecule has 1 fully saturated rings. The van der Waals surface area contributed by atoms with Crippen LogP contribution in [0.4, 0.5) is 0 Å². The highest BCUT2D eigenvalue weighted by Gasteiger charge is 2.50. The SMILES string of the molecule is C=CCCCO[C@@H]1O[C@H](CO)[C@@H](OCc2ccccc2)[C@H](OCc2ccccc2)[C@H]1OC(=O)c1ccccc1. The van der Waals surface area contributed by atoms with Crippen molar-refractivity contribution < 1.29 is 33.6 Å². The molecule has 0 unspecified atom stereocenters. The van der Waals surface area contributed by atoms with Crippen molar-refractivity contribution in [2.75, 3.05) is 13.2 Å². The van der Waals surface area contributed by atoms with E-state index < -0.39 is 36.7 Å². The Labute approximate surface area is 229 Å². The van der Waals surface area contributed by atoms with Crippen molar-refractivity contribution in [3.8, 4) is 0 Å². The minimum atomic E-state index is -0.961. The number of ether oxygens (including phenoxy) is 5. The molecule has 1 saturated heterocycles. The lowest BCUT2D eigenvalue weighted by atomic mass is 9.97. The Morgan fingerprint density at radius 2 is 1.36 bits per heavy atom. The molecule has 0 spiro atoms. The van der Waals surface area contributed by atoms with Crippen LogP contribution in [0.5, 0.6) is 0 Å². The van der Waals surface area contributed by atoms with E-state index >= 15 is 0 Å². The zero-order valence-corrected chi connectivity index (χ0v) is 22.0. The van der Waals surface area contributed by atoms with Crippen molar-refractivity contribution in [1.29, 1.82) is 0 Å². The van der Waals surface area contributed by atoms with Crippen LogP contribution in [0.25, 0.3) is 0 Å². The van der Waals surface area contributed by atoms with Crippen molar-refractivity contribution in [1.82, 2.24) is 0 Å². The van der Waals surface area contributed by atoms with E-state index in [1.807, 2.05) is 72.8 Å². The minimum absolute atomic E-state index is 0.247. The van der Waals surface area contributed by atoms with Crippen LogP contribution in [0.3, 0.4) is 0 Å². The van der Waals surface area contributed by atoms with Crippen molar-refractivity contribution in [2.45, 2.75) is 56.8 Å². The highest BCUT2D eigenvalue weighted by molar-refractivity contribution is 5.89. The molecule has 1 aliphatic heterocycles. The van der Waals surface area contributed by atoms with Gasteiger partial charge in [-0.05, 0) is 36.1 Å². The number of benzene rings is 3. The zero-order chi connectivity index (χ0) is 27.3. The molecule has 4 rings (SSSR count). The van der Waals surface area contributed by atoms with E-state index in [-0.39, 0.29) is 19.8 Å². The number of unbranched alkanes of at least 4 members (excludes halogenated alkanes) is 1. The topological polar surface area (TPSA) is 83.5 Å². The number of hydrogen-bond donors (Lipinski definition) is 1. The summed E-state index contributed by atoms with van der Waals surface area (Å²) in [5, 5.41) is 10.3. The molecule has 0 saturated carbocycles. The summed E-state index contributed by atoms with van der Waals surface area (Å²) in [6.07, 6.45) is -0.890. The summed E-state index contributed by atoms with van der Waals surface area (Å²) in [7, 11) is 0. The maximum atomic E-state index is 13.2. The van der Waals surface area contributed by atoms with E-state index in [9.17, 15) is 9.90 Å². The standard InChI is InChI=1S/C32H36O7/c1-2-3-13-20-35-32-30(39-31(34)26-18-11-6-12-19-26)29(37-23-25-16-9-5-10-17-25)28(27(21-33)38-32)36-22-24-14-7-4-8-15-24/h2,4-12,14-19,27-30,32-33H,1,3,13,20-23H2/t27-,28-,29+,30-,32-/m1/s1. The largest absolute Gasteiger partial charge is 0.450 e. The van der Waals surface area contributed by atoms with Crippen LogP contribution in [0.1, 0.15) is 34.3 Å². The molecule has 3 aromatic rings. The molecule has 0 aliphatic carbocycles. The Morgan fingerprint density at radius 3 is 1.92 bits per heavy atom. The summed E-state index contributed by atoms with van der Waals surface area (Å²) in [6.45, 7) is 4.30. The summed E-state index contributed by atoms with van der Waals surface area (Å²) in [5.41, 5.74) is 2.30. The van der Waals surface area contributed by atoms with Gasteiger partial charge in [0.1, 0.15) is 18.3 Å². The van der Waals surface area contributed by atoms with Crippen molar-refractivity contribution >= 4 is 5.97 Å². The number of carbonyl (C=O) groups is 1. The molecule has 0 aromatic heterocycles. The Balaban J connectivity index is 1.62. The van der Waals surface area contributed by atoms with E-state index in [1.165, 1.54) is 0 Å². The maximum Gasteiger partial charge on any atom is 0.338 e. The average Bonchev–Trinajstić information content (AvgIpc) is 2.99. The van der Waals surface area contributed by atoms with Gasteiger partial charge < -0.3 is 28.8 Å². The molecule has 3 aromatic carbocycles. The first-order chi connectivity index (χ1) is 19.2. The third-order valence-electron chi connectivity index (χ3n) is 6.43. The van der Waals surface area contributed by atoms with E-state index in [4.69, 9.17) is 23.7 Å². The predicted octanol–water partition coefficient (Wildman–Crippen LogP) is 5.08. The number of allylic oxidation sites excluding steroid dienone is 1. The van der Waals surface area contributed by atoms with Gasteiger partial charge in [0.2, 0.25) is 0 Å². The van der Waals surface area contributed by atoms with Gasteiger partial charge in [0.15, 0.2) is 12.4 Å². The highest BCUT2D eigenvalue weighted by Crippen LogP contribution is 2.31. The molecule has 1 heterocycles. The molecule has 7 heteroatoms. The molecular weight excluding hydrogens is 496 g/mol. The van der Waals surface area contributed by atoms with Crippen LogP contribution in [0, 0.1) is 0 Å². The summed E-state index contributed by atoms with van der Waals surface area (Å²) < 4.78 is 31.0. The quantitative estimate of drug-likeness (QED) is 0.176. The summed E-state index contributed by atoms with van der Waals surface area (Å²) in [5.74, 6) is -0.526. The van der Waals surface area contributed by atoms with Gasteiger partial charge in [-0.25, -0.2) is 4.79 Å². The Hall–Kier alpha value is -3.33. The van der Waals surface area contributed by atoms with E-state index in [0.29, 0.717) is 12.2 Å². The highest BCUT2D eigenvalue weighted by atomic mass is 16.7. The molecule has 0 radical (unpaired) electrons. The van der Waals surface area contributed by atoms with E-state index in [1.54, 1.807) is 24.3 Å². The fourth-order valence-electron chi connectivity index (χ4n) is 4.40. The third kappa shape index (κ3) is 8.33. The van der Waals surface area contributed by atoms with Crippen LogP contribution in [-0.2, 0) is 36.9 Å². The average molecular weight is 533 g/mol. The molecule has 7 nitrogen and oxygen atoms in total. The molecule has 0 bridgehead atoms. The lowest BCUT2D eigenvalue weighted by molar-refractivity contribution is -0.316. The monoisotopic (exact) mass is 532 g/mol. The van der Waals surface area contributed by atoms with Gasteiger partial charge in [0.05, 0.1) is 32.0 Å². The number of rotatable bonds is 14. The lowest BCUT2D eigenvalue weighted by Gasteiger charge is -2.45. The third-order valence-corrected chi connectivity index (χ3v) is 6.43. The Morgan fingerprint density at radius 1 is 0.795 bits per heavy atom. The minimum Gasteiger partial charge on any atom is -0.450 e. The fourth-order valence-corrected chi connectivity index (χ4v) is 4.40. The van der Waals surface area contributed by atoms with Crippen molar-refractivity contribution in [2.24, 2.45) is 0 Å². The van der Waals surface area contributed by atoms with Gasteiger partial charge >= 0.3 is 5.97 Å². The number of aliphatic hydroxyl groups excluding tert-OH is 1. The zero-order valence-electron chi connectivity index (χ0n) is 22.0. The van der Waals surface area contributed by atoms with Crippen LogP contribution < -0.4 is 0 Å². The van der Waals surface area contributed by atoms with Gasteiger partial charge in [-0.2, -0.15) is 0 Å². The first-order valence-electron chi connectivity index (χ1n) is 13.3. The van der Waals surface area contributed by atoms with Gasteiger partial charge in [-0.1, -0.05) is 84.9 Å². The fraction of sp³-hybridized carbons (Fsp3) is 0.344. The molecule has 39 heavy (non-hydrogen) atoms. The number of carbonyl (C=O) groups excluding carboxylic acids is 1. The normalized spacial score (nSPS) is 22.7.